The van der Waals surface area contributed by atoms with Crippen LogP contribution in [0.2, 0.25) is 5.02 Å². The molecule has 2 fully saturated rings. The lowest BCUT2D eigenvalue weighted by Crippen LogP contribution is -2.35. The van der Waals surface area contributed by atoms with Gasteiger partial charge in [0.2, 0.25) is 10.0 Å². The Morgan fingerprint density at radius 1 is 1.14 bits per heavy atom. The third kappa shape index (κ3) is 4.98. The number of fused-ring (bicyclic) bond motifs is 1. The fourth-order valence-electron chi connectivity index (χ4n) is 4.56. The van der Waals surface area contributed by atoms with Gasteiger partial charge in [-0.15, -0.1) is 0 Å². The SMILES string of the molecule is Cc1nn(C2CCN(c3ccc(Cl)c(C(F)(F)F)n3)CC2)c2cc(F)c(C(=O)NS(=O)(=O)C3CC3)cc12. The zero-order valence-electron chi connectivity index (χ0n) is 19.5. The van der Waals surface area contributed by atoms with Crippen molar-refractivity contribution in [1.82, 2.24) is 19.5 Å². The summed E-state index contributed by atoms with van der Waals surface area (Å²) in [6.07, 6.45) is -2.73. The van der Waals surface area contributed by atoms with Gasteiger partial charge >= 0.3 is 6.18 Å². The molecule has 2 aliphatic rings. The van der Waals surface area contributed by atoms with Gasteiger partial charge in [-0.2, -0.15) is 18.3 Å². The van der Waals surface area contributed by atoms with Crippen molar-refractivity contribution in [3.8, 4) is 0 Å². The number of hydrogen-bond donors (Lipinski definition) is 1. The third-order valence-corrected chi connectivity index (χ3v) is 8.78. The number of nitrogens with one attached hydrogen (secondary N) is 1. The normalized spacial score (nSPS) is 17.4. The number of aryl methyl sites for hydroxylation is 1. The van der Waals surface area contributed by atoms with Gasteiger partial charge in [0.25, 0.3) is 5.91 Å². The van der Waals surface area contributed by atoms with E-state index in [0.29, 0.717) is 55.4 Å². The number of anilines is 1. The van der Waals surface area contributed by atoms with Crippen LogP contribution in [0.25, 0.3) is 10.9 Å². The molecule has 5 rings (SSSR count). The Hall–Kier alpha value is -2.93. The highest BCUT2D eigenvalue weighted by atomic mass is 35.5. The lowest BCUT2D eigenvalue weighted by atomic mass is 10.0. The Morgan fingerprint density at radius 2 is 1.81 bits per heavy atom. The van der Waals surface area contributed by atoms with Gasteiger partial charge in [0, 0.05) is 24.5 Å². The van der Waals surface area contributed by atoms with Crippen LogP contribution in [0.3, 0.4) is 0 Å². The van der Waals surface area contributed by atoms with Gasteiger partial charge in [0.15, 0.2) is 5.69 Å². The second-order valence-electron chi connectivity index (χ2n) is 9.27. The van der Waals surface area contributed by atoms with Crippen LogP contribution in [0.1, 0.15) is 53.5 Å². The van der Waals surface area contributed by atoms with Gasteiger partial charge < -0.3 is 4.90 Å². The zero-order chi connectivity index (χ0) is 26.7. The first-order valence-corrected chi connectivity index (χ1v) is 13.5. The number of nitrogens with zero attached hydrogens (tertiary/aromatic N) is 4. The summed E-state index contributed by atoms with van der Waals surface area (Å²) in [4.78, 5) is 17.9. The van der Waals surface area contributed by atoms with Crippen LogP contribution in [0.4, 0.5) is 23.4 Å². The second kappa shape index (κ2) is 9.12. The van der Waals surface area contributed by atoms with E-state index in [4.69, 9.17) is 11.6 Å². The van der Waals surface area contributed by atoms with Gasteiger partial charge in [-0.3, -0.25) is 9.48 Å². The molecule has 0 spiro atoms. The molecule has 3 heterocycles. The monoisotopic (exact) mass is 559 g/mol. The lowest BCUT2D eigenvalue weighted by molar-refractivity contribution is -0.141. The van der Waals surface area contributed by atoms with Gasteiger partial charge in [-0.05, 0) is 50.8 Å². The van der Waals surface area contributed by atoms with Gasteiger partial charge in [0.05, 0.1) is 33.1 Å². The van der Waals surface area contributed by atoms with E-state index in [1.165, 1.54) is 18.2 Å². The number of benzene rings is 1. The Balaban J connectivity index is 1.36. The minimum atomic E-state index is -4.67. The summed E-state index contributed by atoms with van der Waals surface area (Å²) in [5.74, 6) is -1.74. The summed E-state index contributed by atoms with van der Waals surface area (Å²) in [7, 11) is -3.83. The fraction of sp³-hybridized carbons (Fsp3) is 0.435. The van der Waals surface area contributed by atoms with Crippen LogP contribution in [-0.4, -0.2) is 47.4 Å². The van der Waals surface area contributed by atoms with Crippen molar-refractivity contribution in [3.63, 3.8) is 0 Å². The van der Waals surface area contributed by atoms with Gasteiger partial charge in [-0.25, -0.2) is 22.5 Å². The van der Waals surface area contributed by atoms with Crippen molar-refractivity contribution in [1.29, 1.82) is 0 Å². The predicted octanol–water partition coefficient (Wildman–Crippen LogP) is 4.61. The Kier molecular flexibility index (Phi) is 6.34. The first-order valence-electron chi connectivity index (χ1n) is 11.6. The number of aromatic nitrogens is 3. The maximum Gasteiger partial charge on any atom is 0.434 e. The third-order valence-electron chi connectivity index (χ3n) is 6.66. The summed E-state index contributed by atoms with van der Waals surface area (Å²) in [5, 5.41) is 3.94. The van der Waals surface area contributed by atoms with Crippen molar-refractivity contribution >= 4 is 44.3 Å². The van der Waals surface area contributed by atoms with Gasteiger partial charge in [-0.1, -0.05) is 11.6 Å². The molecule has 37 heavy (non-hydrogen) atoms. The number of pyridine rings is 1. The molecule has 1 aliphatic carbocycles. The predicted molar refractivity (Wildman–Crippen MR) is 129 cm³/mol. The van der Waals surface area contributed by atoms with E-state index in [9.17, 15) is 30.8 Å². The summed E-state index contributed by atoms with van der Waals surface area (Å²) < 4.78 is 82.3. The molecule has 0 atom stereocenters. The minimum Gasteiger partial charge on any atom is -0.356 e. The summed E-state index contributed by atoms with van der Waals surface area (Å²) in [6.45, 7) is 2.47. The van der Waals surface area contributed by atoms with Crippen molar-refractivity contribution in [2.75, 3.05) is 18.0 Å². The largest absolute Gasteiger partial charge is 0.434 e. The highest BCUT2D eigenvalue weighted by Crippen LogP contribution is 2.36. The molecule has 1 saturated carbocycles. The van der Waals surface area contributed by atoms with Crippen molar-refractivity contribution in [3.05, 3.63) is 52.1 Å². The number of piperidine rings is 1. The van der Waals surface area contributed by atoms with Crippen LogP contribution in [-0.2, 0) is 16.2 Å². The van der Waals surface area contributed by atoms with Crippen LogP contribution in [0.15, 0.2) is 24.3 Å². The van der Waals surface area contributed by atoms with E-state index in [1.54, 1.807) is 16.5 Å². The smallest absolute Gasteiger partial charge is 0.356 e. The Bertz CT molecular complexity index is 1500. The summed E-state index contributed by atoms with van der Waals surface area (Å²) in [5.41, 5.74) is -0.545. The lowest BCUT2D eigenvalue weighted by Gasteiger charge is -2.33. The average molecular weight is 560 g/mol. The van der Waals surface area contributed by atoms with E-state index in [2.05, 4.69) is 10.1 Å². The quantitative estimate of drug-likeness (QED) is 0.458. The van der Waals surface area contributed by atoms with E-state index in [-0.39, 0.29) is 17.4 Å². The number of amides is 1. The molecule has 0 radical (unpaired) electrons. The van der Waals surface area contributed by atoms with Crippen molar-refractivity contribution in [2.24, 2.45) is 0 Å². The molecule has 0 bridgehead atoms. The number of carbonyl (C=O) groups is 1. The van der Waals surface area contributed by atoms with E-state index in [0.717, 1.165) is 6.07 Å². The molecule has 1 saturated heterocycles. The molecular weight excluding hydrogens is 538 g/mol. The molecule has 1 amide bonds. The number of sulfonamides is 1. The molecule has 3 aromatic rings. The maximum atomic E-state index is 15.0. The van der Waals surface area contributed by atoms with Crippen LogP contribution in [0.5, 0.6) is 0 Å². The standard InChI is InChI=1S/C23H22ClF4N5O3S/c1-12-15-10-16(22(34)31-37(35,36)14-2-3-14)18(25)11-19(15)33(30-12)13-6-8-32(9-7-13)20-5-4-17(24)21(29-20)23(26,27)28/h4-5,10-11,13-14H,2-3,6-9H2,1H3,(H,31,34). The molecule has 1 aliphatic heterocycles. The molecule has 198 valence electrons. The van der Waals surface area contributed by atoms with Crippen LogP contribution >= 0.6 is 11.6 Å². The molecular formula is C23H22ClF4N5O3S. The van der Waals surface area contributed by atoms with Crippen molar-refractivity contribution in [2.45, 2.75) is 50.1 Å². The molecule has 14 heteroatoms. The first-order chi connectivity index (χ1) is 17.3. The number of halogens is 5. The fourth-order valence-corrected chi connectivity index (χ4v) is 6.06. The number of carbonyl (C=O) groups excluding carboxylic acids is 1. The van der Waals surface area contributed by atoms with E-state index < -0.39 is 43.9 Å². The molecule has 1 N–H and O–H groups in total. The summed E-state index contributed by atoms with van der Waals surface area (Å²) in [6, 6.07) is 4.91. The van der Waals surface area contributed by atoms with Crippen LogP contribution < -0.4 is 9.62 Å². The Morgan fingerprint density at radius 3 is 2.43 bits per heavy atom. The van der Waals surface area contributed by atoms with Crippen molar-refractivity contribution < 1.29 is 30.8 Å². The maximum absolute atomic E-state index is 15.0. The first kappa shape index (κ1) is 25.7. The second-order valence-corrected chi connectivity index (χ2v) is 11.6. The number of alkyl halides is 3. The number of hydrogen-bond acceptors (Lipinski definition) is 6. The van der Waals surface area contributed by atoms with Crippen LogP contribution in [0, 0.1) is 12.7 Å². The molecule has 0 unspecified atom stereocenters. The highest BCUT2D eigenvalue weighted by Gasteiger charge is 2.38. The number of rotatable bonds is 5. The van der Waals surface area contributed by atoms with Gasteiger partial charge in [0.1, 0.15) is 11.6 Å². The highest BCUT2D eigenvalue weighted by molar-refractivity contribution is 7.91. The molecule has 2 aromatic heterocycles. The Labute approximate surface area is 214 Å². The minimum absolute atomic E-state index is 0.166. The zero-order valence-corrected chi connectivity index (χ0v) is 21.1. The molecule has 1 aromatic carbocycles. The topological polar surface area (TPSA) is 97.2 Å². The van der Waals surface area contributed by atoms with E-state index >= 15 is 0 Å². The molecule has 8 nitrogen and oxygen atoms in total. The van der Waals surface area contributed by atoms with E-state index in [1.807, 2.05) is 4.72 Å². The average Bonchev–Trinajstić information content (AvgIpc) is 3.64. The summed E-state index contributed by atoms with van der Waals surface area (Å²) >= 11 is 5.67.